The fourth-order valence-electron chi connectivity index (χ4n) is 7.07. The van der Waals surface area contributed by atoms with Gasteiger partial charge in [-0.15, -0.1) is 0 Å². The van der Waals surface area contributed by atoms with Crippen molar-refractivity contribution >= 4 is 36.4 Å². The minimum atomic E-state index is -2.82. The molecule has 0 saturated carbocycles. The lowest BCUT2D eigenvalue weighted by Crippen LogP contribution is -2.66. The van der Waals surface area contributed by atoms with Crippen molar-refractivity contribution in [1.82, 2.24) is 0 Å². The minimum Gasteiger partial charge on any atom is -0.497 e. The third kappa shape index (κ3) is 11.5. The highest BCUT2D eigenvalue weighted by Crippen LogP contribution is 2.38. The Morgan fingerprint density at radius 3 is 1.79 bits per heavy atom. The Hall–Kier alpha value is -4.09. The Bertz CT molecular complexity index is 1760. The van der Waals surface area contributed by atoms with Crippen LogP contribution in [-0.2, 0) is 37.8 Å². The standard InChI is InChI=1S/C47H64O9Si/c1-32(28-55-57(47(9,10)11,37-19-15-13-16-20-37)38-21-17-14-18-22-38)27-33(2)40(48)39(31-54-44(50)46(6,7)8)41-35(30-53-43(49)45(3,4)5)29-52-42(56-41)34-23-25-36(51-12)26-24-34/h13-27,32,35,39,41-42H,28-31H2,1-12H3/b33-27+/t32-,35-,39-,41-,42+/m1/s1. The maximum atomic E-state index is 14.8. The number of ether oxygens (including phenoxy) is 5. The quantitative estimate of drug-likeness (QED) is 0.0854. The van der Waals surface area contributed by atoms with Crippen molar-refractivity contribution in [3.05, 3.63) is 102 Å². The van der Waals surface area contributed by atoms with Crippen LogP contribution in [0, 0.1) is 28.6 Å². The summed E-state index contributed by atoms with van der Waals surface area (Å²) in [6.07, 6.45) is 0.284. The van der Waals surface area contributed by atoms with Gasteiger partial charge in [-0.2, -0.15) is 0 Å². The normalized spacial score (nSPS) is 19.3. The molecule has 0 spiro atoms. The average Bonchev–Trinajstić information content (AvgIpc) is 3.16. The van der Waals surface area contributed by atoms with Gasteiger partial charge in [0, 0.05) is 18.1 Å². The summed E-state index contributed by atoms with van der Waals surface area (Å²) in [4.78, 5) is 40.9. The van der Waals surface area contributed by atoms with E-state index in [4.69, 9.17) is 28.1 Å². The molecule has 1 aliphatic rings. The molecule has 0 unspecified atom stereocenters. The van der Waals surface area contributed by atoms with Crippen molar-refractivity contribution in [1.29, 1.82) is 0 Å². The highest BCUT2D eigenvalue weighted by Gasteiger charge is 2.50. The van der Waals surface area contributed by atoms with E-state index in [-0.39, 0.29) is 42.5 Å². The van der Waals surface area contributed by atoms with Crippen molar-refractivity contribution in [2.24, 2.45) is 28.6 Å². The molecule has 3 aromatic rings. The molecular weight excluding hydrogens is 737 g/mol. The van der Waals surface area contributed by atoms with Gasteiger partial charge in [0.05, 0.1) is 43.2 Å². The van der Waals surface area contributed by atoms with Gasteiger partial charge in [0.15, 0.2) is 12.1 Å². The van der Waals surface area contributed by atoms with Crippen LogP contribution in [-0.4, -0.2) is 65.7 Å². The number of carbonyl (C=O) groups excluding carboxylic acids is 3. The molecule has 1 saturated heterocycles. The number of hydrogen-bond acceptors (Lipinski definition) is 9. The van der Waals surface area contributed by atoms with Crippen LogP contribution in [0.1, 0.15) is 88.0 Å². The van der Waals surface area contributed by atoms with Crippen LogP contribution in [0.25, 0.3) is 0 Å². The third-order valence-electron chi connectivity index (χ3n) is 10.3. The van der Waals surface area contributed by atoms with Crippen LogP contribution in [0.4, 0.5) is 0 Å². The Kier molecular flexibility index (Phi) is 15.3. The zero-order chi connectivity index (χ0) is 42.2. The van der Waals surface area contributed by atoms with Gasteiger partial charge in [-0.1, -0.05) is 107 Å². The molecule has 9 nitrogen and oxygen atoms in total. The summed E-state index contributed by atoms with van der Waals surface area (Å²) in [7, 11) is -1.23. The number of rotatable bonds is 15. The van der Waals surface area contributed by atoms with Gasteiger partial charge in [-0.3, -0.25) is 14.4 Å². The van der Waals surface area contributed by atoms with Crippen molar-refractivity contribution < 1.29 is 42.5 Å². The maximum Gasteiger partial charge on any atom is 0.311 e. The summed E-state index contributed by atoms with van der Waals surface area (Å²) >= 11 is 0. The first-order valence-corrected chi connectivity index (χ1v) is 21.8. The molecule has 1 heterocycles. The van der Waals surface area contributed by atoms with Crippen molar-refractivity contribution in [3.63, 3.8) is 0 Å². The molecule has 3 aromatic carbocycles. The number of esters is 2. The monoisotopic (exact) mass is 800 g/mol. The van der Waals surface area contributed by atoms with E-state index in [1.165, 1.54) is 10.4 Å². The second kappa shape index (κ2) is 19.1. The van der Waals surface area contributed by atoms with E-state index >= 15 is 0 Å². The summed E-state index contributed by atoms with van der Waals surface area (Å²) in [5.41, 5.74) is -0.312. The molecule has 4 rings (SSSR count). The molecule has 0 radical (unpaired) electrons. The van der Waals surface area contributed by atoms with Gasteiger partial charge in [0.2, 0.25) is 0 Å². The smallest absolute Gasteiger partial charge is 0.311 e. The SMILES string of the molecule is COc1ccc([C@H]2OC[C@H](COC(=O)C(C)(C)C)[C@H]([C@H](COC(=O)C(C)(C)C)C(=O)/C(C)=C/[C@@H](C)CO[Si](c3ccccc3)(c3ccccc3)C(C)(C)C)O2)cc1. The van der Waals surface area contributed by atoms with E-state index in [2.05, 4.69) is 69.3 Å². The summed E-state index contributed by atoms with van der Waals surface area (Å²) < 4.78 is 37.0. The van der Waals surface area contributed by atoms with E-state index in [9.17, 15) is 14.4 Å². The molecule has 1 fully saturated rings. The second-order valence-corrected chi connectivity index (χ2v) is 22.6. The predicted molar refractivity (Wildman–Crippen MR) is 226 cm³/mol. The lowest BCUT2D eigenvalue weighted by Gasteiger charge is -2.43. The van der Waals surface area contributed by atoms with Gasteiger partial charge >= 0.3 is 11.9 Å². The van der Waals surface area contributed by atoms with E-state index in [1.54, 1.807) is 55.6 Å². The fraction of sp³-hybridized carbons (Fsp3) is 0.511. The summed E-state index contributed by atoms with van der Waals surface area (Å²) in [6, 6.07) is 28.2. The molecule has 5 atom stereocenters. The number of methoxy groups -OCH3 is 1. The average molecular weight is 801 g/mol. The largest absolute Gasteiger partial charge is 0.497 e. The molecular formula is C47H64O9Si. The number of carbonyl (C=O) groups is 3. The number of ketones is 1. The topological polar surface area (TPSA) is 107 Å². The first-order chi connectivity index (χ1) is 26.7. The molecule has 0 bridgehead atoms. The lowest BCUT2D eigenvalue weighted by molar-refractivity contribution is -0.259. The van der Waals surface area contributed by atoms with Crippen LogP contribution in [0.15, 0.2) is 96.6 Å². The number of hydrogen-bond donors (Lipinski definition) is 0. The van der Waals surface area contributed by atoms with E-state index < -0.39 is 49.3 Å². The van der Waals surface area contributed by atoms with Crippen LogP contribution < -0.4 is 15.1 Å². The highest BCUT2D eigenvalue weighted by atomic mass is 28.4. The second-order valence-electron chi connectivity index (χ2n) is 18.3. The zero-order valence-electron chi connectivity index (χ0n) is 36.0. The zero-order valence-corrected chi connectivity index (χ0v) is 37.0. The predicted octanol–water partition coefficient (Wildman–Crippen LogP) is 8.25. The Labute approximate surface area is 341 Å². The van der Waals surface area contributed by atoms with Gasteiger partial charge in [-0.25, -0.2) is 0 Å². The molecule has 10 heteroatoms. The van der Waals surface area contributed by atoms with Gasteiger partial charge < -0.3 is 28.1 Å². The van der Waals surface area contributed by atoms with Gasteiger partial charge in [-0.05, 0) is 87.5 Å². The Balaban J connectivity index is 1.69. The van der Waals surface area contributed by atoms with Gasteiger partial charge in [0.1, 0.15) is 12.4 Å². The first kappa shape index (κ1) is 45.6. The van der Waals surface area contributed by atoms with Crippen LogP contribution in [0.2, 0.25) is 5.04 Å². The van der Waals surface area contributed by atoms with Crippen LogP contribution in [0.5, 0.6) is 5.75 Å². The van der Waals surface area contributed by atoms with Crippen LogP contribution >= 0.6 is 0 Å². The molecule has 0 amide bonds. The third-order valence-corrected chi connectivity index (χ3v) is 15.3. The lowest BCUT2D eigenvalue weighted by atomic mass is 9.84. The van der Waals surface area contributed by atoms with Gasteiger partial charge in [0.25, 0.3) is 8.32 Å². The number of Topliss-reactive ketones (excluding diaryl/α,β-unsaturated/α-hetero) is 1. The fourth-order valence-corrected chi connectivity index (χ4v) is 11.7. The van der Waals surface area contributed by atoms with Crippen molar-refractivity contribution in [2.75, 3.05) is 33.5 Å². The summed E-state index contributed by atoms with van der Waals surface area (Å²) in [6.45, 7) is 21.4. The van der Waals surface area contributed by atoms with Crippen molar-refractivity contribution in [2.45, 2.75) is 93.6 Å². The first-order valence-electron chi connectivity index (χ1n) is 19.9. The van der Waals surface area contributed by atoms with E-state index in [0.29, 0.717) is 17.9 Å². The molecule has 1 aliphatic heterocycles. The Morgan fingerprint density at radius 2 is 1.30 bits per heavy atom. The Morgan fingerprint density at radius 1 is 0.772 bits per heavy atom. The van der Waals surface area contributed by atoms with E-state index in [0.717, 1.165) is 5.56 Å². The molecule has 310 valence electrons. The number of benzene rings is 3. The minimum absolute atomic E-state index is 0.0431. The summed E-state index contributed by atoms with van der Waals surface area (Å²) in [5, 5.41) is 2.14. The maximum absolute atomic E-state index is 14.8. The molecule has 0 aliphatic carbocycles. The highest BCUT2D eigenvalue weighted by molar-refractivity contribution is 6.99. The molecule has 57 heavy (non-hydrogen) atoms. The molecule has 0 N–H and O–H groups in total. The number of allylic oxidation sites excluding steroid dienone is 1. The van der Waals surface area contributed by atoms with Crippen molar-refractivity contribution in [3.8, 4) is 5.75 Å². The summed E-state index contributed by atoms with van der Waals surface area (Å²) in [5.74, 6) is -2.00. The van der Waals surface area contributed by atoms with E-state index in [1.807, 2.05) is 49.4 Å². The molecule has 0 aromatic heterocycles. The van der Waals surface area contributed by atoms with Crippen LogP contribution in [0.3, 0.4) is 0 Å².